The molecule has 6 nitrogen and oxygen atoms in total. The Morgan fingerprint density at radius 2 is 1.85 bits per heavy atom. The van der Waals surface area contributed by atoms with Crippen molar-refractivity contribution in [2.24, 2.45) is 16.3 Å². The van der Waals surface area contributed by atoms with Gasteiger partial charge in [-0.15, -0.1) is 0 Å². The first-order chi connectivity index (χ1) is 18.2. The highest BCUT2D eigenvalue weighted by Gasteiger charge is 2.53. The molecular weight excluding hydrogens is 514 g/mol. The van der Waals surface area contributed by atoms with Crippen LogP contribution in [0.1, 0.15) is 55.4 Å². The second-order valence-corrected chi connectivity index (χ2v) is 11.5. The van der Waals surface area contributed by atoms with E-state index in [9.17, 15) is 27.9 Å². The lowest BCUT2D eigenvalue weighted by molar-refractivity contribution is -0.148. The smallest absolute Gasteiger partial charge is 0.382 e. The standard InChI is InChI=1S/C29H31F4N3O3/c1-26(22-8-10-24(37)35-25(22)38)14-19-13-21(7-9-23(19)34-16-26)28(39)11-12-36(17-27(28,2)30)15-18-3-5-20(6-4-18)29(31,32)33/h3-7,9,13,16,22,39H,8,10-12,14-15,17H2,1-2H3,(H,35,37,38)/t22-,26?,27+,28-/m0/s1. The third-order valence-corrected chi connectivity index (χ3v) is 8.52. The van der Waals surface area contributed by atoms with E-state index >= 15 is 4.39 Å². The van der Waals surface area contributed by atoms with Crippen LogP contribution < -0.4 is 5.32 Å². The number of fused-ring (bicyclic) bond motifs is 1. The van der Waals surface area contributed by atoms with Crippen molar-refractivity contribution in [2.45, 2.75) is 63.5 Å². The van der Waals surface area contributed by atoms with Gasteiger partial charge in [-0.25, -0.2) is 4.39 Å². The maximum Gasteiger partial charge on any atom is 0.416 e. The van der Waals surface area contributed by atoms with Gasteiger partial charge in [0.05, 0.1) is 11.3 Å². The lowest BCUT2D eigenvalue weighted by Crippen LogP contribution is -2.58. The summed E-state index contributed by atoms with van der Waals surface area (Å²) >= 11 is 0. The van der Waals surface area contributed by atoms with Crippen molar-refractivity contribution in [1.82, 2.24) is 10.2 Å². The Balaban J connectivity index is 1.33. The predicted molar refractivity (Wildman–Crippen MR) is 137 cm³/mol. The van der Waals surface area contributed by atoms with Gasteiger partial charge in [0, 0.05) is 43.6 Å². The number of imide groups is 1. The number of benzene rings is 2. The minimum Gasteiger partial charge on any atom is -0.382 e. The molecule has 2 saturated heterocycles. The Kier molecular flexibility index (Phi) is 6.70. The first-order valence-electron chi connectivity index (χ1n) is 13.0. The van der Waals surface area contributed by atoms with Crippen LogP contribution in [-0.2, 0) is 34.3 Å². The van der Waals surface area contributed by atoms with Crippen molar-refractivity contribution < 1.29 is 32.3 Å². The number of hydrogen-bond donors (Lipinski definition) is 2. The van der Waals surface area contributed by atoms with Crippen LogP contribution in [0.25, 0.3) is 0 Å². The molecule has 2 amide bonds. The molecule has 1 unspecified atom stereocenters. The number of halogens is 4. The topological polar surface area (TPSA) is 82.0 Å². The first kappa shape index (κ1) is 27.5. The van der Waals surface area contributed by atoms with Crippen LogP contribution >= 0.6 is 0 Å². The number of nitrogens with zero attached hydrogens (tertiary/aromatic N) is 2. The molecule has 0 aliphatic carbocycles. The molecule has 3 heterocycles. The van der Waals surface area contributed by atoms with Gasteiger partial charge in [0.1, 0.15) is 5.60 Å². The molecule has 2 fully saturated rings. The summed E-state index contributed by atoms with van der Waals surface area (Å²) in [6.45, 7) is 3.77. The van der Waals surface area contributed by atoms with Gasteiger partial charge in [0.15, 0.2) is 5.67 Å². The lowest BCUT2D eigenvalue weighted by atomic mass is 9.68. The maximum absolute atomic E-state index is 16.2. The van der Waals surface area contributed by atoms with E-state index < -0.39 is 34.3 Å². The summed E-state index contributed by atoms with van der Waals surface area (Å²) in [4.78, 5) is 30.5. The maximum atomic E-state index is 16.2. The minimum absolute atomic E-state index is 0.0904. The lowest BCUT2D eigenvalue weighted by Gasteiger charge is -2.48. The van der Waals surface area contributed by atoms with Crippen molar-refractivity contribution in [2.75, 3.05) is 13.1 Å². The minimum atomic E-state index is -4.42. The zero-order chi connectivity index (χ0) is 28.2. The van der Waals surface area contributed by atoms with Crippen LogP contribution in [0, 0.1) is 11.3 Å². The van der Waals surface area contributed by atoms with Crippen molar-refractivity contribution >= 4 is 23.7 Å². The molecule has 0 radical (unpaired) electrons. The molecule has 0 aromatic heterocycles. The van der Waals surface area contributed by atoms with Crippen LogP contribution in [0.15, 0.2) is 47.5 Å². The molecule has 0 bridgehead atoms. The summed E-state index contributed by atoms with van der Waals surface area (Å²) < 4.78 is 54.8. The van der Waals surface area contributed by atoms with Crippen LogP contribution in [-0.4, -0.2) is 46.8 Å². The van der Waals surface area contributed by atoms with Gasteiger partial charge in [-0.1, -0.05) is 31.2 Å². The highest BCUT2D eigenvalue weighted by Crippen LogP contribution is 2.46. The zero-order valence-electron chi connectivity index (χ0n) is 21.8. The second kappa shape index (κ2) is 9.52. The Hall–Kier alpha value is -3.11. The van der Waals surface area contributed by atoms with Crippen LogP contribution in [0.5, 0.6) is 0 Å². The molecule has 0 spiro atoms. The SMILES string of the molecule is CC1([C@H]2CCC(=O)NC2=O)C=Nc2ccc([C@@]3(O)CCN(Cc4ccc(C(F)(F)F)cc4)C[C@@]3(C)F)cc2C1. The number of carbonyl (C=O) groups excluding carboxylic acids is 2. The van der Waals surface area contributed by atoms with E-state index in [1.54, 1.807) is 29.3 Å². The molecule has 3 aliphatic heterocycles. The molecule has 3 aliphatic rings. The quantitative estimate of drug-likeness (QED) is 0.426. The first-order valence-corrected chi connectivity index (χ1v) is 13.0. The average Bonchev–Trinajstić information content (AvgIpc) is 2.85. The Labute approximate surface area is 224 Å². The normalized spacial score (nSPS) is 31.6. The summed E-state index contributed by atoms with van der Waals surface area (Å²) in [6.07, 6.45) is -1.45. The van der Waals surface area contributed by atoms with E-state index in [1.165, 1.54) is 19.1 Å². The second-order valence-electron chi connectivity index (χ2n) is 11.5. The van der Waals surface area contributed by atoms with E-state index in [4.69, 9.17) is 0 Å². The zero-order valence-corrected chi connectivity index (χ0v) is 21.8. The van der Waals surface area contributed by atoms with E-state index in [-0.39, 0.29) is 37.7 Å². The van der Waals surface area contributed by atoms with E-state index in [0.717, 1.165) is 17.7 Å². The predicted octanol–water partition coefficient (Wildman–Crippen LogP) is 4.84. The van der Waals surface area contributed by atoms with Gasteiger partial charge in [0.25, 0.3) is 0 Å². The Morgan fingerprint density at radius 3 is 2.49 bits per heavy atom. The third kappa shape index (κ3) is 5.12. The number of nitrogens with one attached hydrogen (secondary N) is 1. The van der Waals surface area contributed by atoms with Crippen molar-refractivity contribution in [3.63, 3.8) is 0 Å². The number of hydrogen-bond acceptors (Lipinski definition) is 5. The number of amides is 2. The molecule has 2 aromatic carbocycles. The summed E-state index contributed by atoms with van der Waals surface area (Å²) in [7, 11) is 0. The van der Waals surface area contributed by atoms with Crippen molar-refractivity contribution in [3.8, 4) is 0 Å². The molecule has 4 atom stereocenters. The molecule has 208 valence electrons. The van der Waals surface area contributed by atoms with Gasteiger partial charge in [0.2, 0.25) is 11.8 Å². The third-order valence-electron chi connectivity index (χ3n) is 8.52. The summed E-state index contributed by atoms with van der Waals surface area (Å²) in [5.74, 6) is -1.04. The molecule has 39 heavy (non-hydrogen) atoms. The number of carbonyl (C=O) groups is 2. The molecule has 2 aromatic rings. The summed E-state index contributed by atoms with van der Waals surface area (Å²) in [5, 5.41) is 14.1. The Morgan fingerprint density at radius 1 is 1.13 bits per heavy atom. The molecule has 5 rings (SSSR count). The van der Waals surface area contributed by atoms with Crippen LogP contribution in [0.3, 0.4) is 0 Å². The van der Waals surface area contributed by atoms with Crippen LogP contribution in [0.2, 0.25) is 0 Å². The van der Waals surface area contributed by atoms with Gasteiger partial charge in [-0.05, 0) is 61.1 Å². The fourth-order valence-electron chi connectivity index (χ4n) is 6.17. The van der Waals surface area contributed by atoms with Crippen LogP contribution in [0.4, 0.5) is 23.2 Å². The molecule has 0 saturated carbocycles. The van der Waals surface area contributed by atoms with Gasteiger partial charge in [-0.3, -0.25) is 24.8 Å². The molecule has 2 N–H and O–H groups in total. The van der Waals surface area contributed by atoms with E-state index in [0.29, 0.717) is 36.2 Å². The van der Waals surface area contributed by atoms with Gasteiger partial charge < -0.3 is 5.11 Å². The summed E-state index contributed by atoms with van der Waals surface area (Å²) in [5.41, 5.74) is -2.68. The number of alkyl halides is 4. The van der Waals surface area contributed by atoms with E-state index in [2.05, 4.69) is 10.3 Å². The molecule has 10 heteroatoms. The van der Waals surface area contributed by atoms with E-state index in [1.807, 2.05) is 6.92 Å². The number of piperidine rings is 2. The van der Waals surface area contributed by atoms with Crippen molar-refractivity contribution in [1.29, 1.82) is 0 Å². The fourth-order valence-corrected chi connectivity index (χ4v) is 6.17. The fraction of sp³-hybridized carbons (Fsp3) is 0.483. The highest BCUT2D eigenvalue weighted by atomic mass is 19.4. The number of rotatable bonds is 4. The van der Waals surface area contributed by atoms with Crippen molar-refractivity contribution in [3.05, 3.63) is 64.7 Å². The number of aliphatic hydroxyl groups is 1. The highest BCUT2D eigenvalue weighted by molar-refractivity contribution is 6.00. The number of likely N-dealkylation sites (tertiary alicyclic amines) is 1. The van der Waals surface area contributed by atoms with Gasteiger partial charge in [-0.2, -0.15) is 13.2 Å². The largest absolute Gasteiger partial charge is 0.416 e. The Bertz CT molecular complexity index is 1320. The molecular formula is C29H31F4N3O3. The average molecular weight is 546 g/mol. The summed E-state index contributed by atoms with van der Waals surface area (Å²) in [6, 6.07) is 10.00. The monoisotopic (exact) mass is 545 g/mol. The van der Waals surface area contributed by atoms with Gasteiger partial charge >= 0.3 is 6.18 Å². The number of aliphatic imine (C=N–C) groups is 1.